The predicted octanol–water partition coefficient (Wildman–Crippen LogP) is 21.7. The number of hydrogen-bond donors (Lipinski definition) is 3. The van der Waals surface area contributed by atoms with Crippen molar-refractivity contribution in [3.05, 3.63) is 0 Å². The zero-order valence-corrected chi connectivity index (χ0v) is 62.2. The third-order valence-electron chi connectivity index (χ3n) is 17.6. The lowest BCUT2D eigenvalue weighted by Crippen LogP contribution is -2.30. The summed E-state index contributed by atoms with van der Waals surface area (Å²) in [5.74, 6) is -1.34. The van der Waals surface area contributed by atoms with Gasteiger partial charge in [0, 0.05) is 25.7 Å². The summed E-state index contributed by atoms with van der Waals surface area (Å²) in [6.07, 6.45) is 55.2. The molecule has 3 N–H and O–H groups in total. The van der Waals surface area contributed by atoms with E-state index in [0.29, 0.717) is 25.7 Å². The predicted molar refractivity (Wildman–Crippen MR) is 377 cm³/mol. The molecular weight excluding hydrogens is 1220 g/mol. The van der Waals surface area contributed by atoms with E-state index in [1.807, 2.05) is 0 Å². The zero-order chi connectivity index (χ0) is 68.4. The number of ether oxygens (including phenoxy) is 4. The van der Waals surface area contributed by atoms with Crippen molar-refractivity contribution in [1.82, 2.24) is 0 Å². The fourth-order valence-electron chi connectivity index (χ4n) is 11.3. The Hall–Kier alpha value is -1.94. The van der Waals surface area contributed by atoms with E-state index in [9.17, 15) is 43.2 Å². The Labute approximate surface area is 568 Å². The number of esters is 4. The van der Waals surface area contributed by atoms with Gasteiger partial charge in [-0.1, -0.05) is 336 Å². The molecule has 0 amide bonds. The number of phosphoric ester groups is 2. The molecule has 0 saturated carbocycles. The van der Waals surface area contributed by atoms with Gasteiger partial charge in [-0.3, -0.25) is 37.3 Å². The van der Waals surface area contributed by atoms with Crippen LogP contribution >= 0.6 is 15.6 Å². The molecule has 0 spiro atoms. The first-order valence-corrected chi connectivity index (χ1v) is 41.7. The number of rotatable bonds is 74. The summed E-state index contributed by atoms with van der Waals surface area (Å²) in [5.41, 5.74) is 0. The Morgan fingerprint density at radius 3 is 0.763 bits per heavy atom. The number of aliphatic hydroxyl groups is 1. The molecule has 6 atom stereocenters. The summed E-state index contributed by atoms with van der Waals surface area (Å²) in [4.78, 5) is 72.8. The smallest absolute Gasteiger partial charge is 0.462 e. The van der Waals surface area contributed by atoms with Crippen LogP contribution in [0.1, 0.15) is 388 Å². The second kappa shape index (κ2) is 67.3. The fourth-order valence-corrected chi connectivity index (χ4v) is 12.9. The number of carbonyl (C=O) groups excluding carboxylic acids is 4. The Balaban J connectivity index is 5.26. The molecule has 3 unspecified atom stereocenters. The van der Waals surface area contributed by atoms with Crippen LogP contribution in [0.4, 0.5) is 0 Å². The van der Waals surface area contributed by atoms with Gasteiger partial charge in [0.1, 0.15) is 19.3 Å². The van der Waals surface area contributed by atoms with Gasteiger partial charge in [-0.25, -0.2) is 9.13 Å². The van der Waals surface area contributed by atoms with Crippen molar-refractivity contribution < 1.29 is 80.2 Å². The van der Waals surface area contributed by atoms with Crippen molar-refractivity contribution in [2.45, 2.75) is 406 Å². The lowest BCUT2D eigenvalue weighted by Gasteiger charge is -2.21. The van der Waals surface area contributed by atoms with Crippen LogP contribution in [0.3, 0.4) is 0 Å². The Morgan fingerprint density at radius 1 is 0.301 bits per heavy atom. The molecular formula is C74H144O17P2. The largest absolute Gasteiger partial charge is 0.472 e. The molecule has 0 rings (SSSR count). The monoisotopic (exact) mass is 1370 g/mol. The van der Waals surface area contributed by atoms with E-state index < -0.39 is 97.5 Å². The van der Waals surface area contributed by atoms with E-state index >= 15 is 0 Å². The van der Waals surface area contributed by atoms with Gasteiger partial charge >= 0.3 is 39.5 Å². The second-order valence-corrected chi connectivity index (χ2v) is 29.8. The zero-order valence-electron chi connectivity index (χ0n) is 60.4. The van der Waals surface area contributed by atoms with E-state index in [1.54, 1.807) is 0 Å². The number of hydrogen-bond acceptors (Lipinski definition) is 15. The molecule has 552 valence electrons. The van der Waals surface area contributed by atoms with Crippen LogP contribution in [0.25, 0.3) is 0 Å². The molecule has 0 radical (unpaired) electrons. The van der Waals surface area contributed by atoms with Crippen LogP contribution in [0.2, 0.25) is 0 Å². The highest BCUT2D eigenvalue weighted by molar-refractivity contribution is 7.47. The van der Waals surface area contributed by atoms with Gasteiger partial charge < -0.3 is 33.8 Å². The van der Waals surface area contributed by atoms with Gasteiger partial charge in [0.15, 0.2) is 12.2 Å². The van der Waals surface area contributed by atoms with Crippen LogP contribution in [0.5, 0.6) is 0 Å². The summed E-state index contributed by atoms with van der Waals surface area (Å²) in [6, 6.07) is 0. The number of aliphatic hydroxyl groups excluding tert-OH is 1. The fraction of sp³-hybridized carbons (Fsp3) is 0.946. The van der Waals surface area contributed by atoms with Crippen molar-refractivity contribution in [2.75, 3.05) is 39.6 Å². The van der Waals surface area contributed by atoms with Gasteiger partial charge in [-0.15, -0.1) is 0 Å². The van der Waals surface area contributed by atoms with Gasteiger partial charge in [0.2, 0.25) is 0 Å². The minimum absolute atomic E-state index is 0.108. The minimum atomic E-state index is -4.95. The highest BCUT2D eigenvalue weighted by Gasteiger charge is 2.30. The summed E-state index contributed by atoms with van der Waals surface area (Å²) in [5, 5.41) is 10.6. The molecule has 19 heteroatoms. The Morgan fingerprint density at radius 2 is 0.516 bits per heavy atom. The molecule has 0 aliphatic rings. The van der Waals surface area contributed by atoms with E-state index in [2.05, 4.69) is 34.6 Å². The maximum absolute atomic E-state index is 13.1. The molecule has 0 bridgehead atoms. The SMILES string of the molecule is CCCCCCCCCCCCCCCCC(=O)OC[C@H](COP(=O)(O)OC[C@@H](O)COP(=O)(O)OC[C@@H](COC(=O)CCCCCCCCCCC(C)CC)OC(=O)CCCCCCCCCCCCCCC)OC(=O)CCCCCCCCCCCCCCCC. The molecule has 0 aromatic rings. The standard InChI is InChI=1S/C74H144O17P2/c1-6-10-13-16-19-22-25-28-31-33-36-42-47-52-57-71(76)84-63-69(90-74(79)60-55-50-45-38-35-32-29-26-23-20-17-14-11-7-2)65-88-92(80,81)86-61-68(75)62-87-93(82,83)89-66-70(64-85-72(77)58-53-48-43-40-39-41-46-51-56-67(5)9-4)91-73(78)59-54-49-44-37-34-30-27-24-21-18-15-12-8-3/h67-70,75H,6-66H2,1-5H3,(H,80,81)(H,82,83)/t67?,68-,69-,70-/m1/s1. The van der Waals surface area contributed by atoms with Crippen molar-refractivity contribution in [1.29, 1.82) is 0 Å². The number of phosphoric acid groups is 2. The maximum Gasteiger partial charge on any atom is 0.472 e. The third kappa shape index (κ3) is 67.0. The quantitative estimate of drug-likeness (QED) is 0.0222. The molecule has 0 aromatic carbocycles. The van der Waals surface area contributed by atoms with Crippen LogP contribution in [0, 0.1) is 5.92 Å². The number of carbonyl (C=O) groups is 4. The van der Waals surface area contributed by atoms with Crippen molar-refractivity contribution in [3.63, 3.8) is 0 Å². The van der Waals surface area contributed by atoms with Crippen molar-refractivity contribution in [3.8, 4) is 0 Å². The van der Waals surface area contributed by atoms with Crippen molar-refractivity contribution in [2.24, 2.45) is 5.92 Å². The summed E-state index contributed by atoms with van der Waals surface area (Å²) in [6.45, 7) is 7.29. The van der Waals surface area contributed by atoms with Gasteiger partial charge in [0.25, 0.3) is 0 Å². The second-order valence-electron chi connectivity index (χ2n) is 26.9. The van der Waals surface area contributed by atoms with Crippen LogP contribution < -0.4 is 0 Å². The van der Waals surface area contributed by atoms with E-state index in [4.69, 9.17) is 37.0 Å². The summed E-state index contributed by atoms with van der Waals surface area (Å²) >= 11 is 0. The molecule has 93 heavy (non-hydrogen) atoms. The normalized spacial score (nSPS) is 14.3. The molecule has 0 fully saturated rings. The average molecular weight is 1370 g/mol. The first-order chi connectivity index (χ1) is 45.1. The molecule has 0 heterocycles. The van der Waals surface area contributed by atoms with E-state index in [0.717, 1.165) is 95.8 Å². The summed E-state index contributed by atoms with van der Waals surface area (Å²) in [7, 11) is -9.91. The number of unbranched alkanes of at least 4 members (excludes halogenated alkanes) is 45. The lowest BCUT2D eigenvalue weighted by atomic mass is 9.99. The third-order valence-corrected chi connectivity index (χ3v) is 19.5. The maximum atomic E-state index is 13.1. The summed E-state index contributed by atoms with van der Waals surface area (Å²) < 4.78 is 68.5. The van der Waals surface area contributed by atoms with Crippen LogP contribution in [-0.4, -0.2) is 96.7 Å². The van der Waals surface area contributed by atoms with E-state index in [-0.39, 0.29) is 25.7 Å². The van der Waals surface area contributed by atoms with Crippen LogP contribution in [-0.2, 0) is 65.4 Å². The highest BCUT2D eigenvalue weighted by Crippen LogP contribution is 2.45. The van der Waals surface area contributed by atoms with Gasteiger partial charge in [-0.05, 0) is 31.6 Å². The van der Waals surface area contributed by atoms with Gasteiger partial charge in [-0.2, -0.15) is 0 Å². The highest BCUT2D eigenvalue weighted by atomic mass is 31.2. The van der Waals surface area contributed by atoms with Crippen LogP contribution in [0.15, 0.2) is 0 Å². The first-order valence-electron chi connectivity index (χ1n) is 38.7. The lowest BCUT2D eigenvalue weighted by molar-refractivity contribution is -0.161. The average Bonchev–Trinajstić information content (AvgIpc) is 3.19. The molecule has 0 saturated heterocycles. The minimum Gasteiger partial charge on any atom is -0.462 e. The van der Waals surface area contributed by atoms with Crippen molar-refractivity contribution >= 4 is 39.5 Å². The molecule has 0 aliphatic heterocycles. The van der Waals surface area contributed by atoms with E-state index in [1.165, 1.54) is 212 Å². The molecule has 0 aromatic heterocycles. The van der Waals surface area contributed by atoms with Gasteiger partial charge in [0.05, 0.1) is 26.4 Å². The topological polar surface area (TPSA) is 237 Å². The Kier molecular flexibility index (Phi) is 65.9. The Bertz CT molecular complexity index is 1790. The first kappa shape index (κ1) is 91.1. The molecule has 0 aliphatic carbocycles. The molecule has 17 nitrogen and oxygen atoms in total.